The molecular formula is C9H10S. The van der Waals surface area contributed by atoms with Gasteiger partial charge in [0.15, 0.2) is 0 Å². The van der Waals surface area contributed by atoms with Crippen molar-refractivity contribution in [1.82, 2.24) is 0 Å². The summed E-state index contributed by atoms with van der Waals surface area (Å²) < 4.78 is 0. The summed E-state index contributed by atoms with van der Waals surface area (Å²) in [4.78, 5) is 1.48. The predicted molar refractivity (Wildman–Crippen MR) is 47.9 cm³/mol. The van der Waals surface area contributed by atoms with E-state index in [9.17, 15) is 0 Å². The van der Waals surface area contributed by atoms with Gasteiger partial charge in [-0.25, -0.2) is 0 Å². The Morgan fingerprint density at radius 2 is 2.30 bits per heavy atom. The molecule has 0 saturated carbocycles. The largest absolute Gasteiger partial charge is 0.157 e. The fourth-order valence-electron chi connectivity index (χ4n) is 1.29. The van der Waals surface area contributed by atoms with Crippen LogP contribution in [0.15, 0.2) is 23.1 Å². The minimum absolute atomic E-state index is 0.325. The number of rotatable bonds is 0. The Morgan fingerprint density at radius 3 is 2.90 bits per heavy atom. The summed E-state index contributed by atoms with van der Waals surface area (Å²) in [6.45, 7) is 2.14. The Morgan fingerprint density at radius 1 is 1.50 bits per heavy atom. The molecule has 52 valence electrons. The Labute approximate surface area is 63.8 Å². The first kappa shape index (κ1) is 6.17. The third kappa shape index (κ3) is 0.739. The lowest BCUT2D eigenvalue weighted by atomic mass is 10.1. The van der Waals surface area contributed by atoms with Gasteiger partial charge in [-0.15, -0.1) is 0 Å². The Kier molecular flexibility index (Phi) is 1.21. The zero-order valence-corrected chi connectivity index (χ0v) is 6.87. The van der Waals surface area contributed by atoms with Gasteiger partial charge in [0.1, 0.15) is 0 Å². The van der Waals surface area contributed by atoms with Gasteiger partial charge in [0.05, 0.1) is 0 Å². The highest BCUT2D eigenvalue weighted by Crippen LogP contribution is 2.42. The van der Waals surface area contributed by atoms with Gasteiger partial charge in [0.2, 0.25) is 0 Å². The van der Waals surface area contributed by atoms with Gasteiger partial charge in [0, 0.05) is 10.6 Å². The minimum atomic E-state index is 0.325. The molecule has 1 unspecified atom stereocenters. The van der Waals surface area contributed by atoms with Gasteiger partial charge in [-0.3, -0.25) is 0 Å². The van der Waals surface area contributed by atoms with Crippen LogP contribution in [0, 0.1) is 6.92 Å². The van der Waals surface area contributed by atoms with Gasteiger partial charge < -0.3 is 0 Å². The summed E-state index contributed by atoms with van der Waals surface area (Å²) in [6, 6.07) is 6.65. The summed E-state index contributed by atoms with van der Waals surface area (Å²) in [5.74, 6) is 5.25. The van der Waals surface area contributed by atoms with Crippen molar-refractivity contribution in [2.75, 3.05) is 0 Å². The van der Waals surface area contributed by atoms with Crippen molar-refractivity contribution in [2.45, 2.75) is 17.6 Å². The summed E-state index contributed by atoms with van der Waals surface area (Å²) in [6.07, 6.45) is 0. The average molecular weight is 150 g/mol. The molecule has 10 heavy (non-hydrogen) atoms. The molecule has 1 aliphatic rings. The van der Waals surface area contributed by atoms with Crippen LogP contribution >= 0.6 is 10.5 Å². The van der Waals surface area contributed by atoms with E-state index in [2.05, 4.69) is 31.0 Å². The van der Waals surface area contributed by atoms with E-state index in [0.717, 1.165) is 0 Å². The second kappa shape index (κ2) is 1.96. The van der Waals surface area contributed by atoms with Crippen molar-refractivity contribution in [3.05, 3.63) is 29.3 Å². The molecule has 0 aromatic heterocycles. The van der Waals surface area contributed by atoms with E-state index < -0.39 is 0 Å². The molecular weight excluding hydrogens is 140 g/mol. The molecule has 0 nitrogen and oxygen atoms in total. The van der Waals surface area contributed by atoms with Gasteiger partial charge in [-0.05, 0) is 18.6 Å². The first-order valence-corrected chi connectivity index (χ1v) is 4.94. The van der Waals surface area contributed by atoms with Crippen molar-refractivity contribution in [2.24, 2.45) is 0 Å². The number of hydrogen-bond acceptors (Lipinski definition) is 0. The van der Waals surface area contributed by atoms with Crippen LogP contribution in [0.25, 0.3) is 0 Å². The van der Waals surface area contributed by atoms with E-state index in [4.69, 9.17) is 0 Å². The average Bonchev–Trinajstić information content (AvgIpc) is 1.86. The normalized spacial score (nSPS) is 21.5. The topological polar surface area (TPSA) is 0 Å². The van der Waals surface area contributed by atoms with E-state index in [-0.39, 0.29) is 0 Å². The predicted octanol–water partition coefficient (Wildman–Crippen LogP) is 2.57. The van der Waals surface area contributed by atoms with E-state index >= 15 is 0 Å². The maximum absolute atomic E-state index is 4.04. The highest BCUT2D eigenvalue weighted by molar-refractivity contribution is 8.14. The van der Waals surface area contributed by atoms with Crippen LogP contribution in [0.4, 0.5) is 0 Å². The fourth-order valence-corrected chi connectivity index (χ4v) is 2.57. The summed E-state index contributed by atoms with van der Waals surface area (Å²) in [5, 5.41) is 0. The number of benzene rings is 1. The molecule has 0 radical (unpaired) electrons. The molecule has 1 aromatic carbocycles. The number of hydrogen-bond donors (Lipinski definition) is 0. The Balaban J connectivity index is 2.59. The quantitative estimate of drug-likeness (QED) is 0.499. The molecule has 1 aliphatic heterocycles. The third-order valence-corrected chi connectivity index (χ3v) is 3.54. The molecule has 1 atom stereocenters. The van der Waals surface area contributed by atoms with Crippen LogP contribution in [0.5, 0.6) is 0 Å². The van der Waals surface area contributed by atoms with E-state index in [1.54, 1.807) is 0 Å². The van der Waals surface area contributed by atoms with E-state index in [1.165, 1.54) is 21.8 Å². The van der Waals surface area contributed by atoms with Crippen molar-refractivity contribution in [1.29, 1.82) is 0 Å². The minimum Gasteiger partial charge on any atom is -0.157 e. The van der Waals surface area contributed by atoms with Crippen LogP contribution < -0.4 is 0 Å². The molecule has 0 spiro atoms. The second-order valence-corrected chi connectivity index (χ2v) is 4.46. The molecule has 0 aliphatic carbocycles. The third-order valence-electron chi connectivity index (χ3n) is 1.86. The molecule has 0 fully saturated rings. The van der Waals surface area contributed by atoms with E-state index in [0.29, 0.717) is 10.5 Å². The summed E-state index contributed by atoms with van der Waals surface area (Å²) in [5.41, 5.74) is 2.88. The van der Waals surface area contributed by atoms with Gasteiger partial charge in [-0.2, -0.15) is 10.5 Å². The van der Waals surface area contributed by atoms with Crippen molar-refractivity contribution in [3.63, 3.8) is 0 Å². The summed E-state index contributed by atoms with van der Waals surface area (Å²) >= 11 is 0. The fraction of sp³-hybridized carbons (Fsp3) is 0.222. The smallest absolute Gasteiger partial charge is 0.0184 e. The van der Waals surface area contributed by atoms with Crippen molar-refractivity contribution >= 4 is 16.4 Å². The van der Waals surface area contributed by atoms with Gasteiger partial charge in [0.25, 0.3) is 0 Å². The van der Waals surface area contributed by atoms with Crippen LogP contribution in [-0.2, 0) is 5.75 Å². The van der Waals surface area contributed by atoms with Crippen molar-refractivity contribution < 1.29 is 0 Å². The van der Waals surface area contributed by atoms with Gasteiger partial charge in [-0.1, -0.05) is 23.6 Å². The summed E-state index contributed by atoms with van der Waals surface area (Å²) in [7, 11) is 0.325. The molecule has 2 rings (SSSR count). The molecule has 0 bridgehead atoms. The van der Waals surface area contributed by atoms with Crippen LogP contribution in [-0.4, -0.2) is 5.87 Å². The molecule has 1 heterocycles. The highest BCUT2D eigenvalue weighted by atomic mass is 32.2. The Bertz CT molecular complexity index is 300. The van der Waals surface area contributed by atoms with Crippen LogP contribution in [0.2, 0.25) is 0 Å². The standard InChI is InChI=1S/C9H10S/c1-7-3-4-9-8(5-7)6-10(9)2/h3-5H,2,6H2,1H3. The zero-order valence-electron chi connectivity index (χ0n) is 6.05. The number of fused-ring (bicyclic) bond motifs is 1. The first-order valence-electron chi connectivity index (χ1n) is 3.37. The molecule has 0 saturated heterocycles. The molecule has 1 heteroatoms. The highest BCUT2D eigenvalue weighted by Gasteiger charge is 2.14. The Hall–Kier alpha value is -0.560. The molecule has 1 aromatic rings. The first-order chi connectivity index (χ1) is 4.77. The monoisotopic (exact) mass is 150 g/mol. The SMILES string of the molecule is C=S1Cc2cc(C)ccc21. The van der Waals surface area contributed by atoms with Crippen molar-refractivity contribution in [3.8, 4) is 0 Å². The maximum Gasteiger partial charge on any atom is 0.0184 e. The van der Waals surface area contributed by atoms with Crippen LogP contribution in [0.3, 0.4) is 0 Å². The maximum atomic E-state index is 4.04. The lowest BCUT2D eigenvalue weighted by molar-refractivity contribution is 1.17. The van der Waals surface area contributed by atoms with Gasteiger partial charge >= 0.3 is 0 Å². The second-order valence-electron chi connectivity index (χ2n) is 2.75. The molecule has 0 amide bonds. The molecule has 0 N–H and O–H groups in total. The lowest BCUT2D eigenvalue weighted by Crippen LogP contribution is -1.99. The number of aryl methyl sites for hydroxylation is 1. The zero-order chi connectivity index (χ0) is 7.14. The van der Waals surface area contributed by atoms with Crippen LogP contribution in [0.1, 0.15) is 11.1 Å². The van der Waals surface area contributed by atoms with E-state index in [1.807, 2.05) is 0 Å². The lowest BCUT2D eigenvalue weighted by Gasteiger charge is -2.22.